The van der Waals surface area contributed by atoms with Gasteiger partial charge in [-0.2, -0.15) is 0 Å². The van der Waals surface area contributed by atoms with Crippen LogP contribution in [0.3, 0.4) is 0 Å². The smallest absolute Gasteiger partial charge is 0.0462 e. The van der Waals surface area contributed by atoms with Crippen molar-refractivity contribution in [2.45, 2.75) is 52.9 Å². The maximum atomic E-state index is 9.79. The predicted octanol–water partition coefficient (Wildman–Crippen LogP) is 6.05. The summed E-state index contributed by atoms with van der Waals surface area (Å²) >= 11 is 0. The fourth-order valence-corrected chi connectivity index (χ4v) is 3.99. The monoisotopic (exact) mass is 348 g/mol. The number of rotatable bonds is 5. The maximum absolute atomic E-state index is 9.79. The second-order valence-electron chi connectivity index (χ2n) is 8.37. The third kappa shape index (κ3) is 4.27. The van der Waals surface area contributed by atoms with Crippen molar-refractivity contribution in [2.75, 3.05) is 6.61 Å². The Morgan fingerprint density at radius 2 is 1.88 bits per heavy atom. The number of hydrogen-bond donors (Lipinski definition) is 1. The van der Waals surface area contributed by atoms with E-state index >= 15 is 0 Å². The predicted molar refractivity (Wildman–Crippen MR) is 112 cm³/mol. The molecule has 3 rings (SSSR count). The van der Waals surface area contributed by atoms with E-state index in [0.29, 0.717) is 17.8 Å². The van der Waals surface area contributed by atoms with Gasteiger partial charge in [-0.3, -0.25) is 0 Å². The van der Waals surface area contributed by atoms with Crippen LogP contribution in [0.2, 0.25) is 0 Å². The summed E-state index contributed by atoms with van der Waals surface area (Å²) < 4.78 is 0. The molecule has 26 heavy (non-hydrogen) atoms. The Morgan fingerprint density at radius 3 is 2.58 bits per heavy atom. The third-order valence-electron chi connectivity index (χ3n) is 5.73. The lowest BCUT2D eigenvalue weighted by Gasteiger charge is -2.32. The summed E-state index contributed by atoms with van der Waals surface area (Å²) in [6.45, 7) is 9.14. The largest absolute Gasteiger partial charge is 0.396 e. The van der Waals surface area contributed by atoms with Crippen molar-refractivity contribution in [3.63, 3.8) is 0 Å². The molecule has 2 atom stereocenters. The molecule has 2 aromatic rings. The van der Waals surface area contributed by atoms with Crippen LogP contribution < -0.4 is 0 Å². The molecule has 0 radical (unpaired) electrons. The van der Waals surface area contributed by atoms with E-state index in [0.717, 1.165) is 19.3 Å². The van der Waals surface area contributed by atoms with Crippen LogP contribution in [0, 0.1) is 25.7 Å². The Bertz CT molecular complexity index is 785. The average Bonchev–Trinajstić information content (AvgIpc) is 2.63. The lowest BCUT2D eigenvalue weighted by atomic mass is 9.73. The molecule has 0 spiro atoms. The molecule has 0 saturated heterocycles. The highest BCUT2D eigenvalue weighted by Crippen LogP contribution is 2.40. The first-order chi connectivity index (χ1) is 12.5. The Hall–Kier alpha value is -1.86. The molecular formula is C25H32O. The Balaban J connectivity index is 1.98. The van der Waals surface area contributed by atoms with Gasteiger partial charge in [0.1, 0.15) is 0 Å². The van der Waals surface area contributed by atoms with E-state index < -0.39 is 0 Å². The van der Waals surface area contributed by atoms with Crippen molar-refractivity contribution in [1.29, 1.82) is 0 Å². The lowest BCUT2D eigenvalue weighted by Crippen LogP contribution is -2.22. The number of aliphatic hydroxyl groups excluding tert-OH is 1. The van der Waals surface area contributed by atoms with Crippen LogP contribution in [0.25, 0.3) is 6.08 Å². The lowest BCUT2D eigenvalue weighted by molar-refractivity contribution is 0.208. The molecule has 0 fully saturated rings. The maximum Gasteiger partial charge on any atom is 0.0462 e. The summed E-state index contributed by atoms with van der Waals surface area (Å²) in [6, 6.07) is 13.7. The zero-order valence-electron chi connectivity index (χ0n) is 16.6. The van der Waals surface area contributed by atoms with Gasteiger partial charge in [-0.05, 0) is 78.3 Å². The third-order valence-corrected chi connectivity index (χ3v) is 5.73. The normalized spacial score (nSPS) is 19.9. The van der Waals surface area contributed by atoms with Gasteiger partial charge < -0.3 is 5.11 Å². The zero-order chi connectivity index (χ0) is 18.7. The molecule has 1 heteroatoms. The van der Waals surface area contributed by atoms with Crippen molar-refractivity contribution in [3.8, 4) is 0 Å². The standard InChI is InChI=1S/C25H32O/c1-17(2)6-5-7-20-9-11-23-13-21(16-26)15-25(24(23)14-20)22-10-8-18(3)19(4)12-22/h5,7-12,14,17,21,25-26H,6,13,15-16H2,1-4H3/b7-5+/t21-,25+/m0/s1. The van der Waals surface area contributed by atoms with Gasteiger partial charge in [0.05, 0.1) is 0 Å². The van der Waals surface area contributed by atoms with Crippen molar-refractivity contribution in [3.05, 3.63) is 75.9 Å². The minimum atomic E-state index is 0.275. The van der Waals surface area contributed by atoms with Crippen LogP contribution in [0.4, 0.5) is 0 Å². The Labute approximate surface area is 158 Å². The van der Waals surface area contributed by atoms with Gasteiger partial charge in [0, 0.05) is 12.5 Å². The number of allylic oxidation sites excluding steroid dienone is 1. The molecule has 0 amide bonds. The van der Waals surface area contributed by atoms with Gasteiger partial charge in [0.25, 0.3) is 0 Å². The molecule has 1 aliphatic carbocycles. The number of fused-ring (bicyclic) bond motifs is 1. The topological polar surface area (TPSA) is 20.2 Å². The minimum absolute atomic E-state index is 0.275. The summed E-state index contributed by atoms with van der Waals surface area (Å²) in [4.78, 5) is 0. The molecule has 1 N–H and O–H groups in total. The van der Waals surface area contributed by atoms with Crippen LogP contribution >= 0.6 is 0 Å². The summed E-state index contributed by atoms with van der Waals surface area (Å²) in [5.74, 6) is 1.43. The van der Waals surface area contributed by atoms with Crippen LogP contribution in [-0.4, -0.2) is 11.7 Å². The van der Waals surface area contributed by atoms with E-state index in [4.69, 9.17) is 0 Å². The van der Waals surface area contributed by atoms with Gasteiger partial charge in [-0.1, -0.05) is 62.4 Å². The van der Waals surface area contributed by atoms with E-state index in [1.165, 1.54) is 33.4 Å². The number of benzene rings is 2. The number of hydrogen-bond acceptors (Lipinski definition) is 1. The van der Waals surface area contributed by atoms with Crippen molar-refractivity contribution in [1.82, 2.24) is 0 Å². The first kappa shape index (κ1) is 18.9. The fraction of sp³-hybridized carbons (Fsp3) is 0.440. The van der Waals surface area contributed by atoms with Crippen molar-refractivity contribution >= 4 is 6.08 Å². The van der Waals surface area contributed by atoms with E-state index in [-0.39, 0.29) is 6.61 Å². The SMILES string of the molecule is Cc1ccc([C@H]2C[C@@H](CO)Cc3ccc(/C=C/CC(C)C)cc32)cc1C. The summed E-state index contributed by atoms with van der Waals surface area (Å²) in [6.07, 6.45) is 7.69. The molecule has 0 bridgehead atoms. The van der Waals surface area contributed by atoms with Gasteiger partial charge in [-0.15, -0.1) is 0 Å². The van der Waals surface area contributed by atoms with E-state index in [9.17, 15) is 5.11 Å². The van der Waals surface area contributed by atoms with Gasteiger partial charge in [-0.25, -0.2) is 0 Å². The van der Waals surface area contributed by atoms with Crippen molar-refractivity contribution < 1.29 is 5.11 Å². The summed E-state index contributed by atoms with van der Waals surface area (Å²) in [5, 5.41) is 9.79. The molecule has 0 saturated carbocycles. The Kier molecular flexibility index (Phi) is 5.98. The Morgan fingerprint density at radius 1 is 1.08 bits per heavy atom. The zero-order valence-corrected chi connectivity index (χ0v) is 16.6. The van der Waals surface area contributed by atoms with Gasteiger partial charge in [0.15, 0.2) is 0 Å². The second kappa shape index (κ2) is 8.22. The van der Waals surface area contributed by atoms with E-state index in [1.54, 1.807) is 0 Å². The highest BCUT2D eigenvalue weighted by Gasteiger charge is 2.28. The molecular weight excluding hydrogens is 316 g/mol. The fourth-order valence-electron chi connectivity index (χ4n) is 3.99. The highest BCUT2D eigenvalue weighted by atomic mass is 16.3. The molecule has 0 aliphatic heterocycles. The first-order valence-corrected chi connectivity index (χ1v) is 9.95. The molecule has 2 aromatic carbocycles. The molecule has 1 nitrogen and oxygen atoms in total. The summed E-state index contributed by atoms with van der Waals surface area (Å²) in [5.41, 5.74) is 8.22. The first-order valence-electron chi connectivity index (χ1n) is 9.95. The molecule has 0 unspecified atom stereocenters. The minimum Gasteiger partial charge on any atom is -0.396 e. The molecule has 1 aliphatic rings. The second-order valence-corrected chi connectivity index (χ2v) is 8.37. The summed E-state index contributed by atoms with van der Waals surface area (Å²) in [7, 11) is 0. The van der Waals surface area contributed by atoms with Crippen LogP contribution in [0.1, 0.15) is 66.0 Å². The molecule has 0 heterocycles. The van der Waals surface area contributed by atoms with Crippen LogP contribution in [-0.2, 0) is 6.42 Å². The van der Waals surface area contributed by atoms with Gasteiger partial charge in [0.2, 0.25) is 0 Å². The number of aliphatic hydroxyl groups is 1. The average molecular weight is 349 g/mol. The van der Waals surface area contributed by atoms with Gasteiger partial charge >= 0.3 is 0 Å². The van der Waals surface area contributed by atoms with E-state index in [1.807, 2.05) is 0 Å². The highest BCUT2D eigenvalue weighted by molar-refractivity contribution is 5.54. The molecule has 138 valence electrons. The van der Waals surface area contributed by atoms with Crippen molar-refractivity contribution in [2.24, 2.45) is 11.8 Å². The van der Waals surface area contributed by atoms with Crippen LogP contribution in [0.15, 0.2) is 42.5 Å². The molecule has 0 aromatic heterocycles. The quantitative estimate of drug-likeness (QED) is 0.697. The number of aryl methyl sites for hydroxylation is 2. The van der Waals surface area contributed by atoms with E-state index in [2.05, 4.69) is 76.2 Å². The van der Waals surface area contributed by atoms with Crippen LogP contribution in [0.5, 0.6) is 0 Å².